The van der Waals surface area contributed by atoms with Crippen molar-refractivity contribution >= 4 is 22.4 Å². The first-order valence-corrected chi connectivity index (χ1v) is 6.90. The number of anilines is 1. The summed E-state index contributed by atoms with van der Waals surface area (Å²) in [6.45, 7) is 0.768. The fourth-order valence-electron chi connectivity index (χ4n) is 1.92. The predicted octanol–water partition coefficient (Wildman–Crippen LogP) is 2.16. The molecule has 1 aliphatic rings. The van der Waals surface area contributed by atoms with Crippen molar-refractivity contribution in [2.24, 2.45) is 0 Å². The zero-order valence-electron chi connectivity index (χ0n) is 10.2. The van der Waals surface area contributed by atoms with E-state index in [0.717, 1.165) is 24.5 Å². The Kier molecular flexibility index (Phi) is 3.56. The topological polar surface area (TPSA) is 77.3 Å². The van der Waals surface area contributed by atoms with Gasteiger partial charge in [-0.05, 0) is 25.0 Å². The number of hydrogen-bond donors (Lipinski definition) is 1. The molecule has 1 saturated heterocycles. The van der Waals surface area contributed by atoms with Crippen LogP contribution in [0.3, 0.4) is 0 Å². The van der Waals surface area contributed by atoms with E-state index in [0.29, 0.717) is 10.9 Å². The second kappa shape index (κ2) is 5.50. The lowest BCUT2D eigenvalue weighted by Crippen LogP contribution is -2.13. The highest BCUT2D eigenvalue weighted by atomic mass is 32.1. The van der Waals surface area contributed by atoms with E-state index in [9.17, 15) is 4.79 Å². The minimum atomic E-state index is -0.162. The van der Waals surface area contributed by atoms with Crippen LogP contribution in [0.25, 0.3) is 0 Å². The highest BCUT2D eigenvalue weighted by Crippen LogP contribution is 2.31. The average Bonchev–Trinajstić information content (AvgIpc) is 3.09. The van der Waals surface area contributed by atoms with Gasteiger partial charge >= 0.3 is 0 Å². The second-order valence-corrected chi connectivity index (χ2v) is 5.26. The lowest BCUT2D eigenvalue weighted by atomic mass is 10.2. The number of amides is 1. The van der Waals surface area contributed by atoms with Gasteiger partial charge in [0.25, 0.3) is 0 Å². The molecule has 1 fully saturated rings. The first-order chi connectivity index (χ1) is 9.31. The van der Waals surface area contributed by atoms with Crippen molar-refractivity contribution in [3.8, 4) is 0 Å². The Hall–Kier alpha value is -1.73. The number of furan rings is 1. The summed E-state index contributed by atoms with van der Waals surface area (Å²) in [5.41, 5.74) is 0. The minimum Gasteiger partial charge on any atom is -0.469 e. The fourth-order valence-corrected chi connectivity index (χ4v) is 2.77. The number of carbonyl (C=O) groups is 1. The number of aromatic nitrogens is 2. The Balaban J connectivity index is 1.59. The van der Waals surface area contributed by atoms with Crippen molar-refractivity contribution in [3.05, 3.63) is 29.2 Å². The summed E-state index contributed by atoms with van der Waals surface area (Å²) in [6.07, 6.45) is 3.79. The summed E-state index contributed by atoms with van der Waals surface area (Å²) in [4.78, 5) is 11.7. The maximum Gasteiger partial charge on any atom is 0.233 e. The molecule has 0 bridgehead atoms. The van der Waals surface area contributed by atoms with Crippen LogP contribution >= 0.6 is 11.3 Å². The van der Waals surface area contributed by atoms with Gasteiger partial charge in [0, 0.05) is 6.61 Å². The van der Waals surface area contributed by atoms with Gasteiger partial charge < -0.3 is 14.5 Å². The summed E-state index contributed by atoms with van der Waals surface area (Å²) >= 11 is 1.36. The first-order valence-electron chi connectivity index (χ1n) is 6.08. The molecule has 1 N–H and O–H groups in total. The lowest BCUT2D eigenvalue weighted by molar-refractivity contribution is -0.115. The van der Waals surface area contributed by atoms with Gasteiger partial charge in [-0.2, -0.15) is 0 Å². The molecule has 2 aromatic heterocycles. The van der Waals surface area contributed by atoms with Crippen molar-refractivity contribution in [2.75, 3.05) is 11.9 Å². The van der Waals surface area contributed by atoms with E-state index >= 15 is 0 Å². The van der Waals surface area contributed by atoms with Crippen molar-refractivity contribution in [3.63, 3.8) is 0 Å². The standard InChI is InChI=1S/C12H13N3O3S/c16-10(7-8-3-1-5-17-8)13-12-15-14-11(19-12)9-4-2-6-18-9/h1,3,5,9H,2,4,6-7H2,(H,13,15,16). The normalized spacial score (nSPS) is 18.6. The third-order valence-electron chi connectivity index (χ3n) is 2.81. The van der Waals surface area contributed by atoms with Crippen molar-refractivity contribution < 1.29 is 13.9 Å². The quantitative estimate of drug-likeness (QED) is 0.928. The summed E-state index contributed by atoms with van der Waals surface area (Å²) < 4.78 is 10.6. The van der Waals surface area contributed by atoms with Gasteiger partial charge in [0.15, 0.2) is 0 Å². The summed E-state index contributed by atoms with van der Waals surface area (Å²) in [5, 5.41) is 12.1. The van der Waals surface area contributed by atoms with E-state index in [2.05, 4.69) is 15.5 Å². The van der Waals surface area contributed by atoms with Gasteiger partial charge in [-0.1, -0.05) is 11.3 Å². The molecule has 2 aromatic rings. The summed E-state index contributed by atoms with van der Waals surface area (Å²) in [5.74, 6) is 0.464. The van der Waals surface area contributed by atoms with E-state index in [1.807, 2.05) is 0 Å². The van der Waals surface area contributed by atoms with Crippen LogP contribution < -0.4 is 5.32 Å². The number of hydrogen-bond acceptors (Lipinski definition) is 6. The molecular formula is C12H13N3O3S. The Bertz CT molecular complexity index is 546. The maximum atomic E-state index is 11.7. The van der Waals surface area contributed by atoms with E-state index in [1.54, 1.807) is 18.4 Å². The van der Waals surface area contributed by atoms with Crippen LogP contribution in [0.15, 0.2) is 22.8 Å². The molecule has 7 heteroatoms. The highest BCUT2D eigenvalue weighted by Gasteiger charge is 2.22. The third kappa shape index (κ3) is 2.99. The largest absolute Gasteiger partial charge is 0.469 e. The van der Waals surface area contributed by atoms with Gasteiger partial charge in [-0.15, -0.1) is 10.2 Å². The van der Waals surface area contributed by atoms with E-state index < -0.39 is 0 Å². The van der Waals surface area contributed by atoms with Gasteiger partial charge in [0.05, 0.1) is 12.7 Å². The SMILES string of the molecule is O=C(Cc1ccco1)Nc1nnc(C2CCCO2)s1. The zero-order valence-corrected chi connectivity index (χ0v) is 11.0. The molecule has 3 heterocycles. The molecule has 0 aromatic carbocycles. The van der Waals surface area contributed by atoms with Crippen LogP contribution in [0.4, 0.5) is 5.13 Å². The molecule has 0 radical (unpaired) electrons. The van der Waals surface area contributed by atoms with Crippen molar-refractivity contribution in [1.29, 1.82) is 0 Å². The Labute approximate surface area is 113 Å². The van der Waals surface area contributed by atoms with Crippen LogP contribution in [-0.2, 0) is 16.0 Å². The van der Waals surface area contributed by atoms with Crippen LogP contribution in [0.2, 0.25) is 0 Å². The second-order valence-electron chi connectivity index (χ2n) is 4.25. The van der Waals surface area contributed by atoms with Gasteiger partial charge in [-0.25, -0.2) is 0 Å². The summed E-state index contributed by atoms with van der Waals surface area (Å²) in [6, 6.07) is 3.51. The zero-order chi connectivity index (χ0) is 13.1. The molecule has 19 heavy (non-hydrogen) atoms. The smallest absolute Gasteiger partial charge is 0.233 e. The van der Waals surface area contributed by atoms with Crippen molar-refractivity contribution in [2.45, 2.75) is 25.4 Å². The molecule has 100 valence electrons. The summed E-state index contributed by atoms with van der Waals surface area (Å²) in [7, 11) is 0. The van der Waals surface area contributed by atoms with Crippen LogP contribution in [0.1, 0.15) is 29.7 Å². The van der Waals surface area contributed by atoms with Crippen LogP contribution in [-0.4, -0.2) is 22.7 Å². The fraction of sp³-hybridized carbons (Fsp3) is 0.417. The molecule has 1 atom stereocenters. The number of rotatable bonds is 4. The van der Waals surface area contributed by atoms with E-state index in [-0.39, 0.29) is 18.4 Å². The molecule has 3 rings (SSSR count). The average molecular weight is 279 g/mol. The number of carbonyl (C=O) groups excluding carboxylic acids is 1. The molecule has 0 aliphatic carbocycles. The molecule has 1 aliphatic heterocycles. The van der Waals surface area contributed by atoms with Gasteiger partial charge in [0.1, 0.15) is 16.9 Å². The maximum absolute atomic E-state index is 11.7. The molecular weight excluding hydrogens is 266 g/mol. The number of nitrogens with one attached hydrogen (secondary N) is 1. The van der Waals surface area contributed by atoms with Crippen LogP contribution in [0, 0.1) is 0 Å². The number of ether oxygens (including phenoxy) is 1. The first kappa shape index (κ1) is 12.3. The Morgan fingerprint density at radius 3 is 3.21 bits per heavy atom. The Morgan fingerprint density at radius 2 is 2.47 bits per heavy atom. The molecule has 0 saturated carbocycles. The number of nitrogens with zero attached hydrogens (tertiary/aromatic N) is 2. The van der Waals surface area contributed by atoms with E-state index in [4.69, 9.17) is 9.15 Å². The molecule has 6 nitrogen and oxygen atoms in total. The van der Waals surface area contributed by atoms with Crippen LogP contribution in [0.5, 0.6) is 0 Å². The Morgan fingerprint density at radius 1 is 1.53 bits per heavy atom. The monoisotopic (exact) mass is 279 g/mol. The van der Waals surface area contributed by atoms with Crippen molar-refractivity contribution in [1.82, 2.24) is 10.2 Å². The highest BCUT2D eigenvalue weighted by molar-refractivity contribution is 7.15. The minimum absolute atomic E-state index is 0.0354. The van der Waals surface area contributed by atoms with E-state index in [1.165, 1.54) is 11.3 Å². The molecule has 1 unspecified atom stereocenters. The lowest BCUT2D eigenvalue weighted by Gasteiger charge is -2.02. The predicted molar refractivity (Wildman–Crippen MR) is 68.9 cm³/mol. The van der Waals surface area contributed by atoms with Gasteiger partial charge in [0.2, 0.25) is 11.0 Å². The van der Waals surface area contributed by atoms with Gasteiger partial charge in [-0.3, -0.25) is 4.79 Å². The molecule has 0 spiro atoms. The third-order valence-corrected chi connectivity index (χ3v) is 3.74. The molecule has 1 amide bonds.